The van der Waals surface area contributed by atoms with E-state index in [0.717, 1.165) is 27.9 Å². The number of hydrogen-bond donors (Lipinski definition) is 2. The number of hydrogen-bond acceptors (Lipinski definition) is 5. The fraction of sp³-hybridized carbons (Fsp3) is 0.174. The lowest BCUT2D eigenvalue weighted by atomic mass is 10.0. The van der Waals surface area contributed by atoms with Crippen molar-refractivity contribution in [3.63, 3.8) is 0 Å². The zero-order valence-electron chi connectivity index (χ0n) is 17.4. The first-order valence-corrected chi connectivity index (χ1v) is 11.6. The van der Waals surface area contributed by atoms with Crippen LogP contribution in [-0.2, 0) is 4.79 Å². The Morgan fingerprint density at radius 2 is 2.00 bits per heavy atom. The fourth-order valence-electron chi connectivity index (χ4n) is 3.15. The van der Waals surface area contributed by atoms with Crippen LogP contribution >= 0.6 is 35.0 Å². The van der Waals surface area contributed by atoms with Gasteiger partial charge in [-0.3, -0.25) is 4.79 Å². The number of carbonyl (C=O) groups is 1. The number of nitrogens with zero attached hydrogens (tertiary/aromatic N) is 2. The highest BCUT2D eigenvalue weighted by Gasteiger charge is 2.19. The molecule has 1 unspecified atom stereocenters. The van der Waals surface area contributed by atoms with E-state index in [4.69, 9.17) is 27.9 Å². The molecule has 2 N–H and O–H groups in total. The molecule has 0 aliphatic heterocycles. The van der Waals surface area contributed by atoms with Gasteiger partial charge in [-0.15, -0.1) is 0 Å². The number of anilines is 1. The number of fused-ring (bicyclic) bond motifs is 1. The third-order valence-electron chi connectivity index (χ3n) is 4.68. The summed E-state index contributed by atoms with van der Waals surface area (Å²) < 4.78 is 5.53. The summed E-state index contributed by atoms with van der Waals surface area (Å²) in [7, 11) is 0. The third kappa shape index (κ3) is 5.01. The Morgan fingerprint density at radius 3 is 2.72 bits per heavy atom. The Labute approximate surface area is 199 Å². The van der Waals surface area contributed by atoms with Gasteiger partial charge in [-0.2, -0.15) is 0 Å². The van der Waals surface area contributed by atoms with Gasteiger partial charge in [0.25, 0.3) is 0 Å². The molecule has 2 heterocycles. The van der Waals surface area contributed by atoms with Crippen LogP contribution in [-0.4, -0.2) is 32.7 Å². The molecule has 1 amide bonds. The summed E-state index contributed by atoms with van der Waals surface area (Å²) in [5.41, 5.74) is 3.82. The maximum atomic E-state index is 12.6. The number of benzene rings is 2. The van der Waals surface area contributed by atoms with Gasteiger partial charge in [0.1, 0.15) is 5.75 Å². The molecule has 0 bridgehead atoms. The van der Waals surface area contributed by atoms with Gasteiger partial charge in [0.2, 0.25) is 5.91 Å². The predicted octanol–water partition coefficient (Wildman–Crippen LogP) is 6.45. The van der Waals surface area contributed by atoms with Crippen molar-refractivity contribution in [2.75, 3.05) is 11.9 Å². The molecule has 4 rings (SSSR count). The van der Waals surface area contributed by atoms with Crippen LogP contribution in [0.3, 0.4) is 0 Å². The molecular formula is C23H20Cl2N4O2S. The standard InChI is InChI=1S/C23H20Cl2N4O2S/c1-3-31-16-9-7-14(8-10-16)17-5-4-6-19-20(17)28-23(27-19)32-13(2)22(30)29-21-18(25)11-15(24)12-26-21/h4-13H,3H2,1-2H3,(H,27,28)(H,26,29,30). The van der Waals surface area contributed by atoms with Crippen molar-refractivity contribution in [3.05, 3.63) is 64.8 Å². The topological polar surface area (TPSA) is 79.9 Å². The average molecular weight is 487 g/mol. The second-order valence-electron chi connectivity index (χ2n) is 6.93. The monoisotopic (exact) mass is 486 g/mol. The minimum Gasteiger partial charge on any atom is -0.494 e. The summed E-state index contributed by atoms with van der Waals surface area (Å²) in [6, 6.07) is 15.4. The van der Waals surface area contributed by atoms with Crippen molar-refractivity contribution in [2.24, 2.45) is 0 Å². The van der Waals surface area contributed by atoms with E-state index in [1.807, 2.05) is 49.4 Å². The summed E-state index contributed by atoms with van der Waals surface area (Å²) in [5.74, 6) is 0.870. The molecule has 1 atom stereocenters. The van der Waals surface area contributed by atoms with Crippen molar-refractivity contribution in [2.45, 2.75) is 24.3 Å². The van der Waals surface area contributed by atoms with Gasteiger partial charge in [-0.25, -0.2) is 9.97 Å². The van der Waals surface area contributed by atoms with Crippen LogP contribution in [0.1, 0.15) is 13.8 Å². The second-order valence-corrected chi connectivity index (χ2v) is 9.11. The number of nitrogens with one attached hydrogen (secondary N) is 2. The van der Waals surface area contributed by atoms with Crippen molar-refractivity contribution >= 4 is 57.7 Å². The van der Waals surface area contributed by atoms with E-state index in [1.54, 1.807) is 6.92 Å². The Hall–Kier alpha value is -2.74. The molecule has 0 saturated heterocycles. The fourth-order valence-corrected chi connectivity index (χ4v) is 4.39. The lowest BCUT2D eigenvalue weighted by Gasteiger charge is -2.11. The first-order valence-electron chi connectivity index (χ1n) is 9.95. The minimum absolute atomic E-state index is 0.237. The Kier molecular flexibility index (Phi) is 6.89. The van der Waals surface area contributed by atoms with Gasteiger partial charge in [-0.05, 0) is 43.7 Å². The first kappa shape index (κ1) is 22.5. The zero-order chi connectivity index (χ0) is 22.7. The van der Waals surface area contributed by atoms with Crippen molar-refractivity contribution < 1.29 is 9.53 Å². The van der Waals surface area contributed by atoms with Crippen LogP contribution in [0.2, 0.25) is 10.0 Å². The molecule has 0 radical (unpaired) electrons. The number of aromatic amines is 1. The smallest absolute Gasteiger partial charge is 0.238 e. The average Bonchev–Trinajstić information content (AvgIpc) is 3.19. The summed E-state index contributed by atoms with van der Waals surface area (Å²) in [5, 5.41) is 3.63. The number of imidazole rings is 1. The Bertz CT molecular complexity index is 1260. The van der Waals surface area contributed by atoms with Crippen LogP contribution in [0, 0.1) is 0 Å². The van der Waals surface area contributed by atoms with Crippen molar-refractivity contribution in [1.82, 2.24) is 15.0 Å². The first-order chi connectivity index (χ1) is 15.4. The number of thioether (sulfide) groups is 1. The van der Waals surface area contributed by atoms with Gasteiger partial charge in [0.15, 0.2) is 11.0 Å². The van der Waals surface area contributed by atoms with Crippen molar-refractivity contribution in [1.29, 1.82) is 0 Å². The van der Waals surface area contributed by atoms with Gasteiger partial charge in [0.05, 0.1) is 32.9 Å². The maximum Gasteiger partial charge on any atom is 0.238 e. The van der Waals surface area contributed by atoms with E-state index in [2.05, 4.69) is 20.3 Å². The summed E-state index contributed by atoms with van der Waals surface area (Å²) in [6.07, 6.45) is 1.43. The maximum absolute atomic E-state index is 12.6. The molecule has 0 aliphatic carbocycles. The molecule has 0 aliphatic rings. The molecule has 32 heavy (non-hydrogen) atoms. The highest BCUT2D eigenvalue weighted by Crippen LogP contribution is 2.32. The summed E-state index contributed by atoms with van der Waals surface area (Å²) in [6.45, 7) is 4.38. The van der Waals surface area contributed by atoms with E-state index < -0.39 is 5.25 Å². The van der Waals surface area contributed by atoms with E-state index in [1.165, 1.54) is 24.0 Å². The van der Waals surface area contributed by atoms with Gasteiger partial charge >= 0.3 is 0 Å². The lowest BCUT2D eigenvalue weighted by Crippen LogP contribution is -2.23. The van der Waals surface area contributed by atoms with E-state index in [9.17, 15) is 4.79 Å². The highest BCUT2D eigenvalue weighted by atomic mass is 35.5. The molecule has 9 heteroatoms. The SMILES string of the molecule is CCOc1ccc(-c2cccc3nc(SC(C)C(=O)Nc4ncc(Cl)cc4Cl)[nH]c23)cc1. The molecule has 6 nitrogen and oxygen atoms in total. The predicted molar refractivity (Wildman–Crippen MR) is 131 cm³/mol. The number of H-pyrrole nitrogens is 1. The molecule has 2 aromatic heterocycles. The Morgan fingerprint density at radius 1 is 1.22 bits per heavy atom. The number of ether oxygens (including phenoxy) is 1. The van der Waals surface area contributed by atoms with Gasteiger partial charge < -0.3 is 15.0 Å². The van der Waals surface area contributed by atoms with E-state index in [-0.39, 0.29) is 16.7 Å². The molecule has 164 valence electrons. The van der Waals surface area contributed by atoms with E-state index >= 15 is 0 Å². The number of halogens is 2. The van der Waals surface area contributed by atoms with Gasteiger partial charge in [0, 0.05) is 11.8 Å². The van der Waals surface area contributed by atoms with Crippen LogP contribution in [0.5, 0.6) is 5.75 Å². The quantitative estimate of drug-likeness (QED) is 0.293. The second kappa shape index (κ2) is 9.81. The molecule has 0 fully saturated rings. The number of pyridine rings is 1. The van der Waals surface area contributed by atoms with Crippen LogP contribution < -0.4 is 10.1 Å². The number of aromatic nitrogens is 3. The minimum atomic E-state index is -0.432. The number of para-hydroxylation sites is 1. The normalized spacial score (nSPS) is 12.0. The third-order valence-corrected chi connectivity index (χ3v) is 6.16. The van der Waals surface area contributed by atoms with Crippen LogP contribution in [0.15, 0.2) is 59.9 Å². The number of carbonyl (C=O) groups excluding carboxylic acids is 1. The summed E-state index contributed by atoms with van der Waals surface area (Å²) >= 11 is 13.3. The van der Waals surface area contributed by atoms with Crippen LogP contribution in [0.25, 0.3) is 22.2 Å². The Balaban J connectivity index is 1.52. The van der Waals surface area contributed by atoms with Crippen LogP contribution in [0.4, 0.5) is 5.82 Å². The molecule has 0 saturated carbocycles. The molecule has 2 aromatic carbocycles. The zero-order valence-corrected chi connectivity index (χ0v) is 19.7. The largest absolute Gasteiger partial charge is 0.494 e. The van der Waals surface area contributed by atoms with Gasteiger partial charge in [-0.1, -0.05) is 59.2 Å². The van der Waals surface area contributed by atoms with E-state index in [0.29, 0.717) is 16.8 Å². The molecule has 4 aromatic rings. The highest BCUT2D eigenvalue weighted by molar-refractivity contribution is 8.00. The molecular weight excluding hydrogens is 467 g/mol. The number of amides is 1. The molecule has 0 spiro atoms. The lowest BCUT2D eigenvalue weighted by molar-refractivity contribution is -0.115. The number of rotatable bonds is 7. The van der Waals surface area contributed by atoms with Crippen molar-refractivity contribution in [3.8, 4) is 16.9 Å². The summed E-state index contributed by atoms with van der Waals surface area (Å²) in [4.78, 5) is 24.7.